The highest BCUT2D eigenvalue weighted by atomic mass is 32.1. The molecule has 0 bridgehead atoms. The van der Waals surface area contributed by atoms with Gasteiger partial charge in [-0.3, -0.25) is 0 Å². The van der Waals surface area contributed by atoms with E-state index in [1.807, 2.05) is 0 Å². The van der Waals surface area contributed by atoms with Gasteiger partial charge in [-0.25, -0.2) is 0 Å². The Bertz CT molecular complexity index is 530. The number of hydrogen-bond donors (Lipinski definition) is 1. The van der Waals surface area contributed by atoms with Crippen LogP contribution < -0.4 is 0 Å². The molecular formula is C15H18OS. The molecule has 1 aromatic heterocycles. The van der Waals surface area contributed by atoms with E-state index in [9.17, 15) is 5.11 Å². The first-order chi connectivity index (χ1) is 8.22. The highest BCUT2D eigenvalue weighted by Gasteiger charge is 2.38. The molecule has 2 heteroatoms. The van der Waals surface area contributed by atoms with Gasteiger partial charge in [0.05, 0.1) is 5.60 Å². The smallest absolute Gasteiger partial charge is 0.0935 e. The molecule has 90 valence electrons. The lowest BCUT2D eigenvalue weighted by molar-refractivity contribution is -0.0455. The minimum atomic E-state index is -0.609. The molecule has 1 aliphatic carbocycles. The Morgan fingerprint density at radius 2 is 2.18 bits per heavy atom. The number of fused-ring (bicyclic) bond motifs is 1. The van der Waals surface area contributed by atoms with Crippen molar-refractivity contribution in [2.24, 2.45) is 5.92 Å². The molecule has 1 aromatic carbocycles. The van der Waals surface area contributed by atoms with E-state index < -0.39 is 5.60 Å². The summed E-state index contributed by atoms with van der Waals surface area (Å²) in [4.78, 5) is 0. The third-order valence-electron chi connectivity index (χ3n) is 4.21. The fourth-order valence-corrected chi connectivity index (χ4v) is 4.06. The Labute approximate surface area is 106 Å². The normalized spacial score (nSPS) is 29.6. The van der Waals surface area contributed by atoms with Crippen molar-refractivity contribution in [2.75, 3.05) is 0 Å². The molecule has 0 saturated heterocycles. The maximum Gasteiger partial charge on any atom is 0.0935 e. The molecule has 1 heterocycles. The van der Waals surface area contributed by atoms with Gasteiger partial charge in [0.15, 0.2) is 0 Å². The lowest BCUT2D eigenvalue weighted by Gasteiger charge is -2.38. The van der Waals surface area contributed by atoms with Crippen LogP contribution in [0.3, 0.4) is 0 Å². The molecule has 1 fully saturated rings. The van der Waals surface area contributed by atoms with E-state index in [1.54, 1.807) is 11.3 Å². The quantitative estimate of drug-likeness (QED) is 0.795. The van der Waals surface area contributed by atoms with Crippen LogP contribution in [0.5, 0.6) is 0 Å². The van der Waals surface area contributed by atoms with Gasteiger partial charge < -0.3 is 5.11 Å². The van der Waals surface area contributed by atoms with Crippen LogP contribution in [0.1, 0.15) is 38.2 Å². The van der Waals surface area contributed by atoms with Gasteiger partial charge in [-0.05, 0) is 35.6 Å². The van der Waals surface area contributed by atoms with Crippen LogP contribution in [0, 0.1) is 5.92 Å². The summed E-state index contributed by atoms with van der Waals surface area (Å²) < 4.78 is 1.27. The number of benzene rings is 1. The summed E-state index contributed by atoms with van der Waals surface area (Å²) in [6, 6.07) is 8.46. The van der Waals surface area contributed by atoms with Crippen LogP contribution >= 0.6 is 11.3 Å². The average Bonchev–Trinajstić information content (AvgIpc) is 2.81. The first-order valence-electron chi connectivity index (χ1n) is 6.41. The zero-order chi connectivity index (χ0) is 11.9. The molecule has 0 radical (unpaired) electrons. The topological polar surface area (TPSA) is 20.2 Å². The van der Waals surface area contributed by atoms with E-state index in [4.69, 9.17) is 0 Å². The second kappa shape index (κ2) is 4.11. The largest absolute Gasteiger partial charge is 0.385 e. The maximum atomic E-state index is 11.0. The van der Waals surface area contributed by atoms with Crippen molar-refractivity contribution in [1.82, 2.24) is 0 Å². The Morgan fingerprint density at radius 1 is 1.29 bits per heavy atom. The van der Waals surface area contributed by atoms with Crippen LogP contribution in [-0.2, 0) is 5.60 Å². The van der Waals surface area contributed by atoms with Gasteiger partial charge in [0.2, 0.25) is 0 Å². The molecule has 0 spiro atoms. The van der Waals surface area contributed by atoms with Gasteiger partial charge >= 0.3 is 0 Å². The summed E-state index contributed by atoms with van der Waals surface area (Å²) in [5, 5.41) is 14.4. The lowest BCUT2D eigenvalue weighted by atomic mass is 9.72. The van der Waals surface area contributed by atoms with Crippen LogP contribution in [0.2, 0.25) is 0 Å². The molecule has 3 rings (SSSR count). The molecule has 1 aliphatic rings. The lowest BCUT2D eigenvalue weighted by Crippen LogP contribution is -2.36. The maximum absolute atomic E-state index is 11.0. The predicted octanol–water partition coefficient (Wildman–Crippen LogP) is 4.30. The molecule has 1 nitrogen and oxygen atoms in total. The summed E-state index contributed by atoms with van der Waals surface area (Å²) in [7, 11) is 0. The predicted molar refractivity (Wildman–Crippen MR) is 73.4 cm³/mol. The van der Waals surface area contributed by atoms with Crippen LogP contribution in [0.15, 0.2) is 29.6 Å². The van der Waals surface area contributed by atoms with Crippen molar-refractivity contribution in [3.8, 4) is 0 Å². The van der Waals surface area contributed by atoms with Crippen molar-refractivity contribution in [3.63, 3.8) is 0 Å². The third kappa shape index (κ3) is 1.71. The Kier molecular flexibility index (Phi) is 2.72. The SMILES string of the molecule is CC1CCCCC1(O)c1cccc2ccsc12. The van der Waals surface area contributed by atoms with E-state index in [2.05, 4.69) is 36.6 Å². The fourth-order valence-electron chi connectivity index (χ4n) is 3.06. The molecule has 1 N–H and O–H groups in total. The van der Waals surface area contributed by atoms with E-state index in [0.717, 1.165) is 24.8 Å². The molecule has 17 heavy (non-hydrogen) atoms. The second-order valence-electron chi connectivity index (χ2n) is 5.22. The van der Waals surface area contributed by atoms with Crippen molar-refractivity contribution >= 4 is 21.4 Å². The van der Waals surface area contributed by atoms with Crippen molar-refractivity contribution < 1.29 is 5.11 Å². The van der Waals surface area contributed by atoms with Gasteiger partial charge in [-0.1, -0.05) is 38.0 Å². The van der Waals surface area contributed by atoms with Crippen LogP contribution in [0.4, 0.5) is 0 Å². The van der Waals surface area contributed by atoms with Crippen LogP contribution in [-0.4, -0.2) is 5.11 Å². The molecule has 2 aromatic rings. The Morgan fingerprint density at radius 3 is 3.00 bits per heavy atom. The second-order valence-corrected chi connectivity index (χ2v) is 6.13. The Hall–Kier alpha value is -0.860. The molecule has 0 aliphatic heterocycles. The summed E-state index contributed by atoms with van der Waals surface area (Å²) >= 11 is 1.75. The monoisotopic (exact) mass is 246 g/mol. The zero-order valence-corrected chi connectivity index (χ0v) is 11.0. The minimum absolute atomic E-state index is 0.365. The summed E-state index contributed by atoms with van der Waals surface area (Å²) in [6.45, 7) is 2.19. The van der Waals surface area contributed by atoms with Gasteiger partial charge in [0, 0.05) is 10.3 Å². The highest BCUT2D eigenvalue weighted by molar-refractivity contribution is 7.17. The number of thiophene rings is 1. The molecule has 2 unspecified atom stereocenters. The molecular weight excluding hydrogens is 228 g/mol. The first-order valence-corrected chi connectivity index (χ1v) is 7.29. The van der Waals surface area contributed by atoms with Gasteiger partial charge in [0.1, 0.15) is 0 Å². The number of rotatable bonds is 1. The zero-order valence-electron chi connectivity index (χ0n) is 10.1. The highest BCUT2D eigenvalue weighted by Crippen LogP contribution is 2.44. The van der Waals surface area contributed by atoms with E-state index in [0.29, 0.717) is 5.92 Å². The van der Waals surface area contributed by atoms with E-state index in [1.165, 1.54) is 16.5 Å². The van der Waals surface area contributed by atoms with E-state index in [-0.39, 0.29) is 0 Å². The molecule has 0 amide bonds. The van der Waals surface area contributed by atoms with Crippen molar-refractivity contribution in [3.05, 3.63) is 35.2 Å². The Balaban J connectivity index is 2.16. The summed E-state index contributed by atoms with van der Waals surface area (Å²) in [5.41, 5.74) is 0.542. The standard InChI is InChI=1S/C15H18OS/c1-11-5-2-3-9-15(11,16)13-7-4-6-12-8-10-17-14(12)13/h4,6-8,10-11,16H,2-3,5,9H2,1H3. The molecule has 2 atom stereocenters. The molecule has 1 saturated carbocycles. The van der Waals surface area contributed by atoms with Crippen molar-refractivity contribution in [1.29, 1.82) is 0 Å². The van der Waals surface area contributed by atoms with Gasteiger partial charge in [-0.2, -0.15) is 0 Å². The summed E-state index contributed by atoms with van der Waals surface area (Å²) in [6.07, 6.45) is 4.44. The number of hydrogen-bond acceptors (Lipinski definition) is 2. The van der Waals surface area contributed by atoms with Crippen molar-refractivity contribution in [2.45, 2.75) is 38.2 Å². The van der Waals surface area contributed by atoms with Crippen LogP contribution in [0.25, 0.3) is 10.1 Å². The summed E-state index contributed by atoms with van der Waals surface area (Å²) in [5.74, 6) is 0.365. The van der Waals surface area contributed by atoms with Gasteiger partial charge in [-0.15, -0.1) is 11.3 Å². The van der Waals surface area contributed by atoms with Gasteiger partial charge in [0.25, 0.3) is 0 Å². The fraction of sp³-hybridized carbons (Fsp3) is 0.467. The number of aliphatic hydroxyl groups is 1. The van der Waals surface area contributed by atoms with E-state index >= 15 is 0 Å². The average molecular weight is 246 g/mol. The minimum Gasteiger partial charge on any atom is -0.385 e. The third-order valence-corrected chi connectivity index (χ3v) is 5.17. The first kappa shape index (κ1) is 11.2.